The third-order valence-electron chi connectivity index (χ3n) is 5.39. The molecule has 1 fully saturated rings. The second-order valence-corrected chi connectivity index (χ2v) is 9.44. The van der Waals surface area contributed by atoms with Gasteiger partial charge in [-0.05, 0) is 31.4 Å². The molecular weight excluding hydrogens is 414 g/mol. The molecule has 162 valence electrons. The van der Waals surface area contributed by atoms with Crippen molar-refractivity contribution in [3.8, 4) is 0 Å². The third-order valence-corrected chi connectivity index (χ3v) is 7.13. The van der Waals surface area contributed by atoms with Gasteiger partial charge in [0, 0.05) is 35.7 Å². The minimum atomic E-state index is -0.108. The zero-order valence-corrected chi connectivity index (χ0v) is 19.3. The zero-order chi connectivity index (χ0) is 21.2. The highest BCUT2D eigenvalue weighted by atomic mass is 32.2. The molecule has 0 aliphatic carbocycles. The smallest absolute Gasteiger partial charge is 0.255 e. The maximum absolute atomic E-state index is 13.2. The molecule has 0 radical (unpaired) electrons. The van der Waals surface area contributed by atoms with Crippen LogP contribution in [0, 0.1) is 5.92 Å². The molecule has 3 rings (SSSR count). The molecule has 2 heterocycles. The van der Waals surface area contributed by atoms with E-state index < -0.39 is 0 Å². The lowest BCUT2D eigenvalue weighted by molar-refractivity contribution is -0.126. The molecule has 2 amide bonds. The molecule has 0 saturated carbocycles. The van der Waals surface area contributed by atoms with Crippen LogP contribution in [0.2, 0.25) is 0 Å². The third kappa shape index (κ3) is 6.57. The summed E-state index contributed by atoms with van der Waals surface area (Å²) in [4.78, 5) is 33.0. The molecule has 1 aromatic carbocycles. The first kappa shape index (κ1) is 22.8. The highest BCUT2D eigenvalue weighted by Gasteiger charge is 2.29. The second kappa shape index (κ2) is 12.1. The van der Waals surface area contributed by atoms with Gasteiger partial charge in [-0.1, -0.05) is 38.3 Å². The first-order chi connectivity index (χ1) is 14.7. The van der Waals surface area contributed by atoms with Crippen molar-refractivity contribution in [3.63, 3.8) is 0 Å². The van der Waals surface area contributed by atoms with E-state index in [1.54, 1.807) is 23.1 Å². The number of nitrogens with zero attached hydrogens (tertiary/aromatic N) is 2. The number of rotatable bonds is 10. The van der Waals surface area contributed by atoms with Crippen LogP contribution in [-0.2, 0) is 10.5 Å². The number of hydrogen-bond acceptors (Lipinski definition) is 5. The SMILES string of the molecule is CCCCCCNC(=O)C1CCCN(C(=O)c2ccccc2SCc2cscn2)C1. The Bertz CT molecular complexity index is 811. The van der Waals surface area contributed by atoms with E-state index in [1.165, 1.54) is 12.8 Å². The zero-order valence-electron chi connectivity index (χ0n) is 17.6. The van der Waals surface area contributed by atoms with Gasteiger partial charge >= 0.3 is 0 Å². The summed E-state index contributed by atoms with van der Waals surface area (Å²) in [6.45, 7) is 4.14. The van der Waals surface area contributed by atoms with Gasteiger partial charge in [0.2, 0.25) is 5.91 Å². The molecular formula is C23H31N3O2S2. The molecule has 2 aromatic rings. The van der Waals surface area contributed by atoms with E-state index in [0.29, 0.717) is 13.1 Å². The maximum atomic E-state index is 13.2. The van der Waals surface area contributed by atoms with Crippen molar-refractivity contribution in [2.75, 3.05) is 19.6 Å². The Hall–Kier alpha value is -1.86. The largest absolute Gasteiger partial charge is 0.356 e. The number of unbranched alkanes of at least 4 members (excludes halogenated alkanes) is 3. The van der Waals surface area contributed by atoms with Crippen LogP contribution in [0.25, 0.3) is 0 Å². The lowest BCUT2D eigenvalue weighted by Crippen LogP contribution is -2.45. The normalized spacial score (nSPS) is 16.4. The van der Waals surface area contributed by atoms with Crippen molar-refractivity contribution >= 4 is 34.9 Å². The number of carbonyl (C=O) groups is 2. The Kier molecular flexibility index (Phi) is 9.21. The van der Waals surface area contributed by atoms with Gasteiger partial charge in [0.1, 0.15) is 0 Å². The van der Waals surface area contributed by atoms with Gasteiger partial charge in [-0.2, -0.15) is 0 Å². The number of likely N-dealkylation sites (tertiary alicyclic amines) is 1. The molecule has 0 bridgehead atoms. The van der Waals surface area contributed by atoms with Crippen molar-refractivity contribution in [1.29, 1.82) is 0 Å². The van der Waals surface area contributed by atoms with Crippen molar-refractivity contribution < 1.29 is 9.59 Å². The molecule has 1 N–H and O–H groups in total. The second-order valence-electron chi connectivity index (χ2n) is 7.71. The van der Waals surface area contributed by atoms with Crippen LogP contribution in [0.4, 0.5) is 0 Å². The van der Waals surface area contributed by atoms with Crippen molar-refractivity contribution in [1.82, 2.24) is 15.2 Å². The van der Waals surface area contributed by atoms with E-state index in [0.717, 1.165) is 54.1 Å². The number of carbonyl (C=O) groups excluding carboxylic acids is 2. The minimum absolute atomic E-state index is 0.0248. The Balaban J connectivity index is 1.56. The van der Waals surface area contributed by atoms with Gasteiger partial charge in [0.15, 0.2) is 0 Å². The lowest BCUT2D eigenvalue weighted by atomic mass is 9.96. The van der Waals surface area contributed by atoms with E-state index in [2.05, 4.69) is 17.2 Å². The summed E-state index contributed by atoms with van der Waals surface area (Å²) in [6.07, 6.45) is 6.30. The summed E-state index contributed by atoms with van der Waals surface area (Å²) in [6, 6.07) is 7.76. The van der Waals surface area contributed by atoms with Crippen molar-refractivity contribution in [2.45, 2.75) is 56.1 Å². The first-order valence-corrected chi connectivity index (χ1v) is 12.8. The van der Waals surface area contributed by atoms with Crippen LogP contribution in [0.5, 0.6) is 0 Å². The van der Waals surface area contributed by atoms with Gasteiger partial charge in [-0.15, -0.1) is 23.1 Å². The Morgan fingerprint density at radius 1 is 1.27 bits per heavy atom. The van der Waals surface area contributed by atoms with Crippen LogP contribution in [0.15, 0.2) is 40.1 Å². The average Bonchev–Trinajstić information content (AvgIpc) is 3.31. The number of piperidine rings is 1. The Morgan fingerprint density at radius 2 is 2.13 bits per heavy atom. The number of thioether (sulfide) groups is 1. The monoisotopic (exact) mass is 445 g/mol. The quantitative estimate of drug-likeness (QED) is 0.414. The molecule has 1 aliphatic heterocycles. The number of aromatic nitrogens is 1. The van der Waals surface area contributed by atoms with Gasteiger partial charge in [-0.3, -0.25) is 9.59 Å². The van der Waals surface area contributed by atoms with Crippen LogP contribution in [0.1, 0.15) is 61.5 Å². The molecule has 1 aliphatic rings. The fourth-order valence-corrected chi connectivity index (χ4v) is 5.29. The van der Waals surface area contributed by atoms with E-state index >= 15 is 0 Å². The van der Waals surface area contributed by atoms with E-state index in [1.807, 2.05) is 40.1 Å². The molecule has 1 aromatic heterocycles. The number of benzene rings is 1. The number of thiazole rings is 1. The summed E-state index contributed by atoms with van der Waals surface area (Å²) in [5, 5.41) is 5.11. The van der Waals surface area contributed by atoms with Crippen LogP contribution < -0.4 is 5.32 Å². The van der Waals surface area contributed by atoms with E-state index in [-0.39, 0.29) is 17.7 Å². The highest BCUT2D eigenvalue weighted by molar-refractivity contribution is 7.98. The predicted octanol–water partition coefficient (Wildman–Crippen LogP) is 4.98. The van der Waals surface area contributed by atoms with Crippen LogP contribution in [0.3, 0.4) is 0 Å². The van der Waals surface area contributed by atoms with Gasteiger partial charge in [0.05, 0.1) is 22.7 Å². The van der Waals surface area contributed by atoms with Crippen LogP contribution in [-0.4, -0.2) is 41.3 Å². The summed E-state index contributed by atoms with van der Waals surface area (Å²) < 4.78 is 0. The number of nitrogens with one attached hydrogen (secondary N) is 1. The molecule has 5 nitrogen and oxygen atoms in total. The molecule has 7 heteroatoms. The number of amides is 2. The minimum Gasteiger partial charge on any atom is -0.356 e. The average molecular weight is 446 g/mol. The van der Waals surface area contributed by atoms with Crippen molar-refractivity contribution in [2.24, 2.45) is 5.92 Å². The van der Waals surface area contributed by atoms with Crippen molar-refractivity contribution in [3.05, 3.63) is 46.4 Å². The lowest BCUT2D eigenvalue weighted by Gasteiger charge is -2.32. The van der Waals surface area contributed by atoms with Gasteiger partial charge < -0.3 is 10.2 Å². The number of hydrogen-bond donors (Lipinski definition) is 1. The van der Waals surface area contributed by atoms with E-state index in [9.17, 15) is 9.59 Å². The van der Waals surface area contributed by atoms with Crippen LogP contribution >= 0.6 is 23.1 Å². The van der Waals surface area contributed by atoms with Gasteiger partial charge in [-0.25, -0.2) is 4.98 Å². The highest BCUT2D eigenvalue weighted by Crippen LogP contribution is 2.28. The molecule has 1 atom stereocenters. The standard InChI is InChI=1S/C23H31N3O2S2/c1-2-3-4-7-12-24-22(27)18-9-8-13-26(14-18)23(28)20-10-5-6-11-21(20)30-16-19-15-29-17-25-19/h5-6,10-11,15,17-18H,2-4,7-9,12-14,16H2,1H3,(H,24,27). The summed E-state index contributed by atoms with van der Waals surface area (Å²) in [5.74, 6) is 0.757. The summed E-state index contributed by atoms with van der Waals surface area (Å²) >= 11 is 3.22. The molecule has 1 unspecified atom stereocenters. The topological polar surface area (TPSA) is 62.3 Å². The van der Waals surface area contributed by atoms with E-state index in [4.69, 9.17) is 0 Å². The fraction of sp³-hybridized carbons (Fsp3) is 0.522. The molecule has 30 heavy (non-hydrogen) atoms. The molecule has 0 spiro atoms. The maximum Gasteiger partial charge on any atom is 0.255 e. The summed E-state index contributed by atoms with van der Waals surface area (Å²) in [7, 11) is 0. The molecule has 1 saturated heterocycles. The Labute approximate surface area is 187 Å². The summed E-state index contributed by atoms with van der Waals surface area (Å²) in [5.41, 5.74) is 3.58. The predicted molar refractivity (Wildman–Crippen MR) is 124 cm³/mol. The fourth-order valence-electron chi connectivity index (χ4n) is 3.68. The first-order valence-electron chi connectivity index (χ1n) is 10.8. The Morgan fingerprint density at radius 3 is 2.93 bits per heavy atom. The van der Waals surface area contributed by atoms with Gasteiger partial charge in [0.25, 0.3) is 5.91 Å².